The van der Waals surface area contributed by atoms with E-state index in [1.54, 1.807) is 0 Å². The van der Waals surface area contributed by atoms with Crippen molar-refractivity contribution < 1.29 is 0 Å². The number of anilines is 1. The average molecular weight is 470 g/mol. The number of hydrogen-bond donors (Lipinski definition) is 1. The molecule has 35 heavy (non-hydrogen) atoms. The molecule has 0 amide bonds. The second-order valence-electron chi connectivity index (χ2n) is 9.31. The van der Waals surface area contributed by atoms with Crippen molar-refractivity contribution in [3.05, 3.63) is 138 Å². The second kappa shape index (κ2) is 9.17. The third kappa shape index (κ3) is 4.07. The lowest BCUT2D eigenvalue weighted by atomic mass is 9.84. The van der Waals surface area contributed by atoms with Gasteiger partial charge >= 0.3 is 0 Å². The second-order valence-corrected chi connectivity index (χ2v) is 11.6. The van der Waals surface area contributed by atoms with Crippen molar-refractivity contribution in [1.82, 2.24) is 0 Å². The Balaban J connectivity index is 1.60. The smallest absolute Gasteiger partial charge is 0.0707 e. The summed E-state index contributed by atoms with van der Waals surface area (Å²) in [6.07, 6.45) is 2.39. The highest BCUT2D eigenvalue weighted by Crippen LogP contribution is 2.45. The number of hydrogen-bond acceptors (Lipinski definition) is 1. The summed E-state index contributed by atoms with van der Waals surface area (Å²) in [5.41, 5.74) is 8.81. The fourth-order valence-corrected chi connectivity index (χ4v) is 5.86. The molecular formula is C33H28NP. The van der Waals surface area contributed by atoms with Gasteiger partial charge in [-0.1, -0.05) is 117 Å². The van der Waals surface area contributed by atoms with Crippen LogP contribution in [0.25, 0.3) is 27.5 Å². The van der Waals surface area contributed by atoms with E-state index in [1.807, 2.05) is 0 Å². The summed E-state index contributed by atoms with van der Waals surface area (Å²) >= 11 is 0. The largest absolute Gasteiger partial charge is 0.374 e. The molecule has 0 saturated heterocycles. The van der Waals surface area contributed by atoms with Gasteiger partial charge in [-0.3, -0.25) is 0 Å². The third-order valence-corrected chi connectivity index (χ3v) is 8.23. The molecule has 2 heteroatoms. The SMILES string of the molecule is CP(C)c1ccc(-c2cc3c(c4ccccc24)C(c2ccccc2)=CC(c2ccccc2)N3)cc1. The van der Waals surface area contributed by atoms with Gasteiger partial charge in [-0.25, -0.2) is 0 Å². The molecular weight excluding hydrogens is 441 g/mol. The van der Waals surface area contributed by atoms with Gasteiger partial charge in [0.05, 0.1) is 6.04 Å². The van der Waals surface area contributed by atoms with E-state index in [-0.39, 0.29) is 14.0 Å². The van der Waals surface area contributed by atoms with Gasteiger partial charge in [-0.15, -0.1) is 0 Å². The first kappa shape index (κ1) is 21.8. The van der Waals surface area contributed by atoms with Crippen LogP contribution < -0.4 is 10.6 Å². The number of nitrogens with one attached hydrogen (secondary N) is 1. The molecule has 0 fully saturated rings. The molecule has 1 aliphatic heterocycles. The van der Waals surface area contributed by atoms with Crippen LogP contribution in [0.5, 0.6) is 0 Å². The molecule has 5 aromatic carbocycles. The lowest BCUT2D eigenvalue weighted by Gasteiger charge is -2.29. The molecule has 6 rings (SSSR count). The molecule has 0 bridgehead atoms. The highest BCUT2D eigenvalue weighted by Gasteiger charge is 2.24. The van der Waals surface area contributed by atoms with E-state index < -0.39 is 0 Å². The molecule has 0 saturated carbocycles. The van der Waals surface area contributed by atoms with E-state index in [0.29, 0.717) is 0 Å². The summed E-state index contributed by atoms with van der Waals surface area (Å²) < 4.78 is 0. The molecule has 1 atom stereocenters. The van der Waals surface area contributed by atoms with Crippen molar-refractivity contribution >= 4 is 35.3 Å². The van der Waals surface area contributed by atoms with E-state index >= 15 is 0 Å². The van der Waals surface area contributed by atoms with Crippen molar-refractivity contribution in [3.8, 4) is 11.1 Å². The van der Waals surface area contributed by atoms with Gasteiger partial charge in [0.2, 0.25) is 0 Å². The van der Waals surface area contributed by atoms with Gasteiger partial charge in [-0.2, -0.15) is 0 Å². The maximum absolute atomic E-state index is 3.87. The predicted molar refractivity (Wildman–Crippen MR) is 154 cm³/mol. The molecule has 1 aliphatic rings. The van der Waals surface area contributed by atoms with E-state index in [0.717, 1.165) is 0 Å². The Labute approximate surface area is 208 Å². The summed E-state index contributed by atoms with van der Waals surface area (Å²) in [5, 5.41) is 7.88. The molecule has 0 aromatic heterocycles. The summed E-state index contributed by atoms with van der Waals surface area (Å²) in [4.78, 5) is 0. The summed E-state index contributed by atoms with van der Waals surface area (Å²) in [6, 6.07) is 42.0. The van der Waals surface area contributed by atoms with Crippen LogP contribution in [-0.4, -0.2) is 13.3 Å². The fraction of sp³-hybridized carbons (Fsp3) is 0.0909. The molecule has 170 valence electrons. The zero-order chi connectivity index (χ0) is 23.8. The van der Waals surface area contributed by atoms with E-state index in [2.05, 4.69) is 140 Å². The highest BCUT2D eigenvalue weighted by atomic mass is 31.1. The Morgan fingerprint density at radius 3 is 1.94 bits per heavy atom. The Kier molecular flexibility index (Phi) is 5.72. The van der Waals surface area contributed by atoms with Gasteiger partial charge in [-0.05, 0) is 69.4 Å². The molecule has 1 unspecified atom stereocenters. The van der Waals surface area contributed by atoms with Crippen molar-refractivity contribution in [2.45, 2.75) is 6.04 Å². The van der Waals surface area contributed by atoms with Crippen LogP contribution in [0.2, 0.25) is 0 Å². The number of fused-ring (bicyclic) bond motifs is 3. The zero-order valence-electron chi connectivity index (χ0n) is 20.1. The van der Waals surface area contributed by atoms with Crippen molar-refractivity contribution in [2.24, 2.45) is 0 Å². The summed E-state index contributed by atoms with van der Waals surface area (Å²) in [7, 11) is -0.103. The summed E-state index contributed by atoms with van der Waals surface area (Å²) in [6.45, 7) is 4.62. The minimum atomic E-state index is -0.103. The van der Waals surface area contributed by atoms with Crippen LogP contribution in [0.3, 0.4) is 0 Å². The monoisotopic (exact) mass is 469 g/mol. The molecule has 1 nitrogen and oxygen atoms in total. The lowest BCUT2D eigenvalue weighted by Crippen LogP contribution is -2.15. The van der Waals surface area contributed by atoms with Crippen LogP contribution in [0, 0.1) is 0 Å². The van der Waals surface area contributed by atoms with Crippen LogP contribution in [-0.2, 0) is 0 Å². The Hall–Kier alpha value is -3.67. The third-order valence-electron chi connectivity index (χ3n) is 6.90. The van der Waals surface area contributed by atoms with Gasteiger partial charge in [0.25, 0.3) is 0 Å². The van der Waals surface area contributed by atoms with Crippen molar-refractivity contribution in [2.75, 3.05) is 18.6 Å². The molecule has 5 aromatic rings. The zero-order valence-corrected chi connectivity index (χ0v) is 21.0. The Bertz CT molecular complexity index is 1520. The molecule has 1 N–H and O–H groups in total. The molecule has 0 spiro atoms. The highest BCUT2D eigenvalue weighted by molar-refractivity contribution is 7.64. The summed E-state index contributed by atoms with van der Waals surface area (Å²) in [5.74, 6) is 0. The predicted octanol–water partition coefficient (Wildman–Crippen LogP) is 8.47. The maximum atomic E-state index is 3.87. The average Bonchev–Trinajstić information content (AvgIpc) is 2.93. The van der Waals surface area contributed by atoms with E-state index in [1.165, 1.54) is 55.2 Å². The minimum Gasteiger partial charge on any atom is -0.374 e. The quantitative estimate of drug-likeness (QED) is 0.260. The number of benzene rings is 5. The van der Waals surface area contributed by atoms with Gasteiger partial charge in [0.15, 0.2) is 0 Å². The van der Waals surface area contributed by atoms with Gasteiger partial charge in [0, 0.05) is 11.3 Å². The lowest BCUT2D eigenvalue weighted by molar-refractivity contribution is 0.975. The number of rotatable bonds is 4. The van der Waals surface area contributed by atoms with Crippen molar-refractivity contribution in [1.29, 1.82) is 0 Å². The molecule has 0 aliphatic carbocycles. The van der Waals surface area contributed by atoms with Crippen LogP contribution in [0.4, 0.5) is 5.69 Å². The van der Waals surface area contributed by atoms with E-state index in [4.69, 9.17) is 0 Å². The van der Waals surface area contributed by atoms with Crippen LogP contribution in [0.1, 0.15) is 22.7 Å². The van der Waals surface area contributed by atoms with Crippen LogP contribution >= 0.6 is 7.92 Å². The topological polar surface area (TPSA) is 12.0 Å². The molecule has 0 radical (unpaired) electrons. The van der Waals surface area contributed by atoms with Crippen LogP contribution in [0.15, 0.2) is 121 Å². The van der Waals surface area contributed by atoms with Gasteiger partial charge < -0.3 is 5.32 Å². The minimum absolute atomic E-state index is 0.103. The Morgan fingerprint density at radius 2 is 1.26 bits per heavy atom. The van der Waals surface area contributed by atoms with Crippen molar-refractivity contribution in [3.63, 3.8) is 0 Å². The maximum Gasteiger partial charge on any atom is 0.0707 e. The first-order valence-electron chi connectivity index (χ1n) is 12.1. The standard InChI is InChI=1S/C33H28NP/c1-35(2)26-19-17-24(18-20-26)29-21-32-33(28-16-10-9-15-27(28)29)30(23-11-5-3-6-12-23)22-31(34-32)25-13-7-4-8-14-25/h3-22,31,34H,1-2H3. The normalized spacial score (nSPS) is 14.9. The Morgan fingerprint density at radius 1 is 0.629 bits per heavy atom. The first-order chi connectivity index (χ1) is 17.2. The van der Waals surface area contributed by atoms with Gasteiger partial charge in [0.1, 0.15) is 0 Å². The first-order valence-corrected chi connectivity index (χ1v) is 14.4. The fourth-order valence-electron chi connectivity index (χ4n) is 5.11. The molecule has 1 heterocycles. The van der Waals surface area contributed by atoms with E-state index in [9.17, 15) is 0 Å².